The molecule has 0 amide bonds. The molecule has 0 aromatic heterocycles. The maximum absolute atomic E-state index is 11.4. The van der Waals surface area contributed by atoms with Gasteiger partial charge in [-0.25, -0.2) is 10.0 Å². The van der Waals surface area contributed by atoms with Gasteiger partial charge >= 0.3 is 0 Å². The summed E-state index contributed by atoms with van der Waals surface area (Å²) < 4.78 is 19.3. The van der Waals surface area contributed by atoms with Gasteiger partial charge in [0.25, 0.3) is 5.69 Å². The number of nitro groups is 1. The quantitative estimate of drug-likeness (QED) is 0.139. The Bertz CT molecular complexity index is 1820. The van der Waals surface area contributed by atoms with Crippen LogP contribution < -0.4 is 5.32 Å². The van der Waals surface area contributed by atoms with Gasteiger partial charge in [-0.2, -0.15) is 0 Å². The molecule has 6 unspecified atom stereocenters. The van der Waals surface area contributed by atoms with Crippen LogP contribution in [-0.4, -0.2) is 93.2 Å². The monoisotopic (exact) mass is 662 g/mol. The Morgan fingerprint density at radius 1 is 0.878 bits per heavy atom. The summed E-state index contributed by atoms with van der Waals surface area (Å²) in [7, 11) is 0. The summed E-state index contributed by atoms with van der Waals surface area (Å²) in [5.41, 5.74) is 3.67. The molecular weight excluding hydrogens is 620 g/mol. The normalized spacial score (nSPS) is 30.9. The highest BCUT2D eigenvalue weighted by Crippen LogP contribution is 2.47. The average Bonchev–Trinajstić information content (AvgIpc) is 3.99. The average molecular weight is 663 g/mol. The molecule has 0 saturated carbocycles. The van der Waals surface area contributed by atoms with Gasteiger partial charge in [0.2, 0.25) is 0 Å². The number of rotatable bonds is 11. The molecule has 254 valence electrons. The molecule has 5 heterocycles. The van der Waals surface area contributed by atoms with Gasteiger partial charge in [-0.3, -0.25) is 25.2 Å². The molecule has 5 aliphatic heterocycles. The molecule has 8 atom stereocenters. The van der Waals surface area contributed by atoms with Gasteiger partial charge in [-0.1, -0.05) is 84.9 Å². The van der Waals surface area contributed by atoms with Crippen molar-refractivity contribution < 1.29 is 19.1 Å². The van der Waals surface area contributed by atoms with Crippen molar-refractivity contribution in [3.63, 3.8) is 0 Å². The Balaban J connectivity index is 1.03. The first-order valence-corrected chi connectivity index (χ1v) is 17.4. The van der Waals surface area contributed by atoms with Crippen LogP contribution in [0.3, 0.4) is 0 Å². The molecule has 4 aromatic carbocycles. The molecule has 49 heavy (non-hydrogen) atoms. The lowest BCUT2D eigenvalue weighted by Gasteiger charge is -2.50. The SMILES string of the molecule is CC(C)N(C1OC1NCc1ccccc1)N1CC2OC2N2[C@@H](Cc3ccc([N+](=O)[O-])cc3)C3OC3N(Cc3cccc4ccccc34)C[C@@H]21. The molecule has 0 bridgehead atoms. The van der Waals surface area contributed by atoms with Crippen molar-refractivity contribution in [1.82, 2.24) is 25.1 Å². The van der Waals surface area contributed by atoms with E-state index in [1.807, 2.05) is 18.2 Å². The fourth-order valence-electron chi connectivity index (χ4n) is 8.21. The fourth-order valence-corrected chi connectivity index (χ4v) is 8.21. The molecule has 0 aliphatic carbocycles. The van der Waals surface area contributed by atoms with Gasteiger partial charge in [0, 0.05) is 50.4 Å². The highest BCUT2D eigenvalue weighted by Gasteiger charge is 2.65. The Morgan fingerprint density at radius 2 is 1.65 bits per heavy atom. The van der Waals surface area contributed by atoms with E-state index < -0.39 is 0 Å². The summed E-state index contributed by atoms with van der Waals surface area (Å²) in [5.74, 6) is 0. The Hall–Kier alpha value is -3.78. The maximum atomic E-state index is 11.4. The van der Waals surface area contributed by atoms with Gasteiger partial charge in [0.05, 0.1) is 11.1 Å². The third kappa shape index (κ3) is 6.04. The first-order valence-electron chi connectivity index (χ1n) is 17.4. The van der Waals surface area contributed by atoms with Crippen LogP contribution in [0.25, 0.3) is 10.8 Å². The third-order valence-corrected chi connectivity index (χ3v) is 10.7. The number of epoxide rings is 3. The number of hydrogen-bond donors (Lipinski definition) is 1. The number of nitrogens with zero attached hydrogens (tertiary/aromatic N) is 5. The van der Waals surface area contributed by atoms with E-state index >= 15 is 0 Å². The molecule has 1 N–H and O–H groups in total. The maximum Gasteiger partial charge on any atom is 0.269 e. The zero-order chi connectivity index (χ0) is 33.2. The van der Waals surface area contributed by atoms with Crippen LogP contribution in [0.1, 0.15) is 30.5 Å². The summed E-state index contributed by atoms with van der Waals surface area (Å²) in [6.45, 7) is 7.54. The van der Waals surface area contributed by atoms with Crippen LogP contribution in [0.5, 0.6) is 0 Å². The first kappa shape index (κ1) is 31.2. The number of hydrazine groups is 1. The minimum absolute atomic E-state index is 0.00721. The van der Waals surface area contributed by atoms with E-state index in [4.69, 9.17) is 14.2 Å². The molecule has 11 nitrogen and oxygen atoms in total. The summed E-state index contributed by atoms with van der Waals surface area (Å²) in [5, 5.41) is 22.4. The van der Waals surface area contributed by atoms with E-state index in [0.29, 0.717) is 6.42 Å². The fraction of sp³-hybridized carbons (Fsp3) is 0.421. The zero-order valence-corrected chi connectivity index (χ0v) is 27.7. The van der Waals surface area contributed by atoms with Crippen molar-refractivity contribution >= 4 is 16.5 Å². The predicted octanol–water partition coefficient (Wildman–Crippen LogP) is 4.67. The van der Waals surface area contributed by atoms with Gasteiger partial charge < -0.3 is 14.2 Å². The minimum atomic E-state index is -0.343. The zero-order valence-electron chi connectivity index (χ0n) is 27.7. The summed E-state index contributed by atoms with van der Waals surface area (Å²) >= 11 is 0. The minimum Gasteiger partial charge on any atom is -0.351 e. The topological polar surface area (TPSA) is 106 Å². The third-order valence-electron chi connectivity index (χ3n) is 10.7. The Kier molecular flexibility index (Phi) is 7.98. The molecule has 9 rings (SSSR count). The van der Waals surface area contributed by atoms with Crippen molar-refractivity contribution in [3.8, 4) is 0 Å². The number of non-ortho nitro benzene ring substituents is 1. The van der Waals surface area contributed by atoms with Crippen molar-refractivity contribution in [2.45, 2.75) is 88.7 Å². The van der Waals surface area contributed by atoms with Crippen LogP contribution in [0.2, 0.25) is 0 Å². The van der Waals surface area contributed by atoms with Crippen LogP contribution in [-0.2, 0) is 33.7 Å². The molecular formula is C38H42N6O5. The lowest BCUT2D eigenvalue weighted by atomic mass is 9.99. The van der Waals surface area contributed by atoms with Gasteiger partial charge in [0.15, 0.2) is 12.5 Å². The largest absolute Gasteiger partial charge is 0.351 e. The van der Waals surface area contributed by atoms with E-state index in [0.717, 1.165) is 31.7 Å². The summed E-state index contributed by atoms with van der Waals surface area (Å²) in [4.78, 5) is 16.1. The molecule has 5 aliphatic rings. The van der Waals surface area contributed by atoms with Crippen molar-refractivity contribution in [3.05, 3.63) is 124 Å². The van der Waals surface area contributed by atoms with E-state index in [1.54, 1.807) is 12.1 Å². The van der Waals surface area contributed by atoms with Gasteiger partial charge in [-0.15, -0.1) is 0 Å². The predicted molar refractivity (Wildman–Crippen MR) is 184 cm³/mol. The van der Waals surface area contributed by atoms with Gasteiger partial charge in [-0.05, 0) is 47.7 Å². The molecule has 0 spiro atoms. The lowest BCUT2D eigenvalue weighted by molar-refractivity contribution is -0.384. The van der Waals surface area contributed by atoms with E-state index in [-0.39, 0.29) is 66.0 Å². The van der Waals surface area contributed by atoms with Crippen molar-refractivity contribution in [2.75, 3.05) is 13.1 Å². The van der Waals surface area contributed by atoms with E-state index in [9.17, 15) is 10.1 Å². The van der Waals surface area contributed by atoms with Crippen LogP contribution in [0.4, 0.5) is 5.69 Å². The number of nitro benzene ring substituents is 1. The number of ether oxygens (including phenoxy) is 3. The Morgan fingerprint density at radius 3 is 2.45 bits per heavy atom. The van der Waals surface area contributed by atoms with E-state index in [1.165, 1.54) is 21.9 Å². The van der Waals surface area contributed by atoms with Crippen molar-refractivity contribution in [2.24, 2.45) is 0 Å². The Labute approximate surface area is 286 Å². The number of hydrogen-bond acceptors (Lipinski definition) is 10. The lowest BCUT2D eigenvalue weighted by Crippen LogP contribution is -2.68. The highest BCUT2D eigenvalue weighted by atomic mass is 16.6. The molecule has 5 fully saturated rings. The summed E-state index contributed by atoms with van der Waals surface area (Å²) in [6, 6.07) is 32.8. The molecule has 11 heteroatoms. The molecule has 4 aromatic rings. The second kappa shape index (κ2) is 12.5. The number of benzene rings is 4. The van der Waals surface area contributed by atoms with Crippen LogP contribution >= 0.6 is 0 Å². The van der Waals surface area contributed by atoms with Gasteiger partial charge in [0.1, 0.15) is 24.7 Å². The second-order valence-corrected chi connectivity index (χ2v) is 14.2. The van der Waals surface area contributed by atoms with Crippen LogP contribution in [0.15, 0.2) is 97.1 Å². The molecule has 5 saturated heterocycles. The summed E-state index contributed by atoms with van der Waals surface area (Å²) in [6.07, 6.45) is 0.622. The van der Waals surface area contributed by atoms with Crippen molar-refractivity contribution in [1.29, 1.82) is 0 Å². The van der Waals surface area contributed by atoms with E-state index in [2.05, 4.69) is 106 Å². The van der Waals surface area contributed by atoms with Crippen LogP contribution in [0, 0.1) is 10.1 Å². The molecule has 0 radical (unpaired) electrons. The first-order chi connectivity index (χ1) is 23.9. The second-order valence-electron chi connectivity index (χ2n) is 14.2. The smallest absolute Gasteiger partial charge is 0.269 e. The highest BCUT2D eigenvalue weighted by molar-refractivity contribution is 5.85. The number of nitrogens with one attached hydrogen (secondary N) is 1. The number of fused-ring (bicyclic) bond motifs is 5. The standard InChI is InChI=1S/C38H42N6O5/c1-24(2)43(38-35(49-38)39-20-26-9-4-3-5-10-26)41-22-32-36(47-32)42-31(19-25-15-17-29(18-16-25)44(45)46)34-37(48-34)40(23-33(41)42)21-28-13-8-12-27-11-6-7-14-30(27)28/h3-18,24,31-39H,19-23H2,1-2H3/t31-,32?,33+,34?,35?,36?,37?,38?/m0/s1.